The molecule has 0 spiro atoms. The standard InChI is InChI=1S/C15H18ClN3OS/c1-9(2)17-8-11-4-5-12(16)7-13(11)21-15-18-10(3)6-14(20)19-15/h4-7,9,17H,8H2,1-3H3,(H,18,19,20). The van der Waals surface area contributed by atoms with Gasteiger partial charge in [-0.2, -0.15) is 0 Å². The lowest BCUT2D eigenvalue weighted by Crippen LogP contribution is -2.22. The van der Waals surface area contributed by atoms with Gasteiger partial charge in [-0.25, -0.2) is 4.98 Å². The molecule has 6 heteroatoms. The lowest BCUT2D eigenvalue weighted by atomic mass is 10.2. The van der Waals surface area contributed by atoms with Gasteiger partial charge in [0.05, 0.1) is 0 Å². The van der Waals surface area contributed by atoms with Crippen LogP contribution in [0.15, 0.2) is 39.1 Å². The lowest BCUT2D eigenvalue weighted by molar-refractivity contribution is 0.584. The van der Waals surface area contributed by atoms with Crippen molar-refractivity contribution in [3.05, 3.63) is 50.9 Å². The van der Waals surface area contributed by atoms with Gasteiger partial charge < -0.3 is 10.3 Å². The van der Waals surface area contributed by atoms with Gasteiger partial charge in [0, 0.05) is 34.3 Å². The summed E-state index contributed by atoms with van der Waals surface area (Å²) in [5.74, 6) is 0. The molecule has 0 amide bonds. The Labute approximate surface area is 133 Å². The van der Waals surface area contributed by atoms with Crippen LogP contribution in [0.5, 0.6) is 0 Å². The summed E-state index contributed by atoms with van der Waals surface area (Å²) in [6, 6.07) is 7.63. The number of halogens is 1. The number of aromatic nitrogens is 2. The van der Waals surface area contributed by atoms with E-state index in [1.807, 2.05) is 18.2 Å². The highest BCUT2D eigenvalue weighted by atomic mass is 35.5. The Morgan fingerprint density at radius 1 is 1.38 bits per heavy atom. The summed E-state index contributed by atoms with van der Waals surface area (Å²) >= 11 is 7.50. The molecule has 0 saturated carbocycles. The first-order valence-corrected chi connectivity index (χ1v) is 7.91. The van der Waals surface area contributed by atoms with E-state index in [9.17, 15) is 4.79 Å². The Morgan fingerprint density at radius 3 is 2.81 bits per heavy atom. The molecule has 0 saturated heterocycles. The molecule has 0 aliphatic heterocycles. The normalized spacial score (nSPS) is 11.1. The number of nitrogens with one attached hydrogen (secondary N) is 2. The van der Waals surface area contributed by atoms with Gasteiger partial charge in [-0.3, -0.25) is 4.79 Å². The number of aromatic amines is 1. The molecule has 0 radical (unpaired) electrons. The third-order valence-corrected chi connectivity index (χ3v) is 4.01. The van der Waals surface area contributed by atoms with Gasteiger partial charge in [-0.1, -0.05) is 43.3 Å². The molecule has 2 aromatic rings. The molecule has 4 nitrogen and oxygen atoms in total. The Bertz CT molecular complexity index is 685. The number of hydrogen-bond acceptors (Lipinski definition) is 4. The predicted octanol–water partition coefficient (Wildman–Crippen LogP) is 3.38. The first-order chi connectivity index (χ1) is 9.94. The van der Waals surface area contributed by atoms with Crippen molar-refractivity contribution in [2.45, 2.75) is 43.4 Å². The average molecular weight is 324 g/mol. The van der Waals surface area contributed by atoms with E-state index < -0.39 is 0 Å². The van der Waals surface area contributed by atoms with Crippen molar-refractivity contribution >= 4 is 23.4 Å². The van der Waals surface area contributed by atoms with Gasteiger partial charge in [-0.05, 0) is 24.6 Å². The molecule has 0 unspecified atom stereocenters. The van der Waals surface area contributed by atoms with E-state index in [1.54, 1.807) is 6.92 Å². The van der Waals surface area contributed by atoms with Crippen LogP contribution in [0, 0.1) is 6.92 Å². The van der Waals surface area contributed by atoms with E-state index in [4.69, 9.17) is 11.6 Å². The first kappa shape index (κ1) is 16.1. The molecule has 0 fully saturated rings. The SMILES string of the molecule is Cc1cc(=O)[nH]c(Sc2cc(Cl)ccc2CNC(C)C)n1. The average Bonchev–Trinajstić information content (AvgIpc) is 2.36. The van der Waals surface area contributed by atoms with Gasteiger partial charge in [0.15, 0.2) is 5.16 Å². The second-order valence-electron chi connectivity index (χ2n) is 5.08. The number of benzene rings is 1. The van der Waals surface area contributed by atoms with Crippen molar-refractivity contribution < 1.29 is 0 Å². The number of rotatable bonds is 5. The van der Waals surface area contributed by atoms with Crippen LogP contribution in [0.2, 0.25) is 5.02 Å². The van der Waals surface area contributed by atoms with Crippen molar-refractivity contribution in [2.75, 3.05) is 0 Å². The second-order valence-corrected chi connectivity index (χ2v) is 6.55. The fourth-order valence-electron chi connectivity index (χ4n) is 1.79. The molecule has 1 aromatic heterocycles. The zero-order chi connectivity index (χ0) is 15.4. The van der Waals surface area contributed by atoms with E-state index in [0.717, 1.165) is 17.0 Å². The van der Waals surface area contributed by atoms with Gasteiger partial charge >= 0.3 is 0 Å². The number of H-pyrrole nitrogens is 1. The van der Waals surface area contributed by atoms with Gasteiger partial charge in [0.25, 0.3) is 5.56 Å². The molecular formula is C15H18ClN3OS. The van der Waals surface area contributed by atoms with Crippen LogP contribution in [0.1, 0.15) is 25.1 Å². The van der Waals surface area contributed by atoms with Crippen LogP contribution in [0.4, 0.5) is 0 Å². The topological polar surface area (TPSA) is 57.8 Å². The highest BCUT2D eigenvalue weighted by Crippen LogP contribution is 2.30. The maximum absolute atomic E-state index is 11.5. The fraction of sp³-hybridized carbons (Fsp3) is 0.333. The van der Waals surface area contributed by atoms with E-state index in [-0.39, 0.29) is 5.56 Å². The highest BCUT2D eigenvalue weighted by Gasteiger charge is 2.08. The van der Waals surface area contributed by atoms with Crippen molar-refractivity contribution in [3.8, 4) is 0 Å². The van der Waals surface area contributed by atoms with E-state index >= 15 is 0 Å². The molecule has 112 valence electrons. The van der Waals surface area contributed by atoms with E-state index in [2.05, 4.69) is 29.1 Å². The molecule has 2 rings (SSSR count). The van der Waals surface area contributed by atoms with Crippen LogP contribution in [0.25, 0.3) is 0 Å². The Hall–Kier alpha value is -1.30. The Kier molecular flexibility index (Phi) is 5.45. The summed E-state index contributed by atoms with van der Waals surface area (Å²) in [6.07, 6.45) is 0. The molecule has 1 aromatic carbocycles. The van der Waals surface area contributed by atoms with Crippen LogP contribution in [-0.2, 0) is 6.54 Å². The van der Waals surface area contributed by atoms with Crippen molar-refractivity contribution in [3.63, 3.8) is 0 Å². The van der Waals surface area contributed by atoms with E-state index in [0.29, 0.717) is 21.9 Å². The Balaban J connectivity index is 2.29. The molecule has 0 aliphatic carbocycles. The third-order valence-electron chi connectivity index (χ3n) is 2.78. The molecule has 0 bridgehead atoms. The maximum atomic E-state index is 11.5. The van der Waals surface area contributed by atoms with Crippen LogP contribution in [-0.4, -0.2) is 16.0 Å². The van der Waals surface area contributed by atoms with Crippen molar-refractivity contribution in [1.29, 1.82) is 0 Å². The largest absolute Gasteiger partial charge is 0.310 e. The zero-order valence-corrected chi connectivity index (χ0v) is 13.8. The summed E-state index contributed by atoms with van der Waals surface area (Å²) in [5.41, 5.74) is 1.68. The number of nitrogens with zero attached hydrogens (tertiary/aromatic N) is 1. The number of aryl methyl sites for hydroxylation is 1. The molecular weight excluding hydrogens is 306 g/mol. The van der Waals surface area contributed by atoms with Crippen molar-refractivity contribution in [2.24, 2.45) is 0 Å². The molecule has 21 heavy (non-hydrogen) atoms. The molecule has 1 heterocycles. The first-order valence-electron chi connectivity index (χ1n) is 6.71. The predicted molar refractivity (Wildman–Crippen MR) is 87.1 cm³/mol. The summed E-state index contributed by atoms with van der Waals surface area (Å²) in [7, 11) is 0. The van der Waals surface area contributed by atoms with Gasteiger partial charge in [0.2, 0.25) is 0 Å². The number of hydrogen-bond donors (Lipinski definition) is 2. The molecule has 0 aliphatic rings. The smallest absolute Gasteiger partial charge is 0.251 e. The quantitative estimate of drug-likeness (QED) is 0.828. The van der Waals surface area contributed by atoms with Crippen molar-refractivity contribution in [1.82, 2.24) is 15.3 Å². The minimum Gasteiger partial charge on any atom is -0.310 e. The molecule has 2 N–H and O–H groups in total. The monoisotopic (exact) mass is 323 g/mol. The summed E-state index contributed by atoms with van der Waals surface area (Å²) in [4.78, 5) is 19.6. The minimum atomic E-state index is -0.145. The van der Waals surface area contributed by atoms with Crippen LogP contribution < -0.4 is 10.9 Å². The molecule has 0 atom stereocenters. The van der Waals surface area contributed by atoms with E-state index in [1.165, 1.54) is 17.8 Å². The highest BCUT2D eigenvalue weighted by molar-refractivity contribution is 7.99. The summed E-state index contributed by atoms with van der Waals surface area (Å²) < 4.78 is 0. The van der Waals surface area contributed by atoms with Gasteiger partial charge in [-0.15, -0.1) is 0 Å². The van der Waals surface area contributed by atoms with Gasteiger partial charge in [0.1, 0.15) is 0 Å². The third kappa shape index (κ3) is 4.88. The van der Waals surface area contributed by atoms with Crippen LogP contribution in [0.3, 0.4) is 0 Å². The second kappa shape index (κ2) is 7.11. The Morgan fingerprint density at radius 2 is 2.14 bits per heavy atom. The minimum absolute atomic E-state index is 0.145. The van der Waals surface area contributed by atoms with Crippen LogP contribution >= 0.6 is 23.4 Å². The zero-order valence-electron chi connectivity index (χ0n) is 12.2. The summed E-state index contributed by atoms with van der Waals surface area (Å²) in [5, 5.41) is 4.63. The maximum Gasteiger partial charge on any atom is 0.251 e. The summed E-state index contributed by atoms with van der Waals surface area (Å²) in [6.45, 7) is 6.75. The fourth-order valence-corrected chi connectivity index (χ4v) is 3.03. The lowest BCUT2D eigenvalue weighted by Gasteiger charge is -2.12.